The van der Waals surface area contributed by atoms with Gasteiger partial charge in [-0.1, -0.05) is 11.6 Å². The Morgan fingerprint density at radius 1 is 1.25 bits per heavy atom. The summed E-state index contributed by atoms with van der Waals surface area (Å²) < 4.78 is 1.46. The van der Waals surface area contributed by atoms with Crippen molar-refractivity contribution in [1.29, 1.82) is 0 Å². The highest BCUT2D eigenvalue weighted by Gasteiger charge is 2.15. The molecule has 0 saturated carbocycles. The minimum atomic E-state index is -1.01. The van der Waals surface area contributed by atoms with Gasteiger partial charge >= 0.3 is 5.97 Å². The molecule has 0 aliphatic heterocycles. The predicted molar refractivity (Wildman–Crippen MR) is 88.4 cm³/mol. The molecule has 1 amide bonds. The van der Waals surface area contributed by atoms with Crippen LogP contribution in [0.1, 0.15) is 10.4 Å². The number of amides is 1. The topological polar surface area (TPSA) is 123 Å². The Hall–Kier alpha value is -3.13. The van der Waals surface area contributed by atoms with E-state index >= 15 is 0 Å². The van der Waals surface area contributed by atoms with Gasteiger partial charge in [-0.05, 0) is 30.3 Å². The number of carbonyl (C=O) groups is 2. The van der Waals surface area contributed by atoms with Crippen LogP contribution in [-0.2, 0) is 11.3 Å². The van der Waals surface area contributed by atoms with Crippen molar-refractivity contribution in [3.63, 3.8) is 0 Å². The second kappa shape index (κ2) is 6.17. The van der Waals surface area contributed by atoms with Crippen molar-refractivity contribution >= 4 is 45.9 Å². The van der Waals surface area contributed by atoms with Crippen molar-refractivity contribution in [3.05, 3.63) is 47.2 Å². The van der Waals surface area contributed by atoms with Crippen molar-refractivity contribution in [1.82, 2.24) is 14.8 Å². The number of carbonyl (C=O) groups excluding carboxylic acids is 1. The van der Waals surface area contributed by atoms with Gasteiger partial charge in [0.15, 0.2) is 11.0 Å². The molecule has 3 aromatic rings. The van der Waals surface area contributed by atoms with Gasteiger partial charge in [-0.2, -0.15) is 0 Å². The first-order valence-corrected chi connectivity index (χ1v) is 7.22. The summed E-state index contributed by atoms with van der Waals surface area (Å²) in [6, 6.07) is 8.39. The molecule has 0 radical (unpaired) electrons. The number of benzene rings is 1. The van der Waals surface area contributed by atoms with E-state index in [2.05, 4.69) is 15.5 Å². The third kappa shape index (κ3) is 3.13. The zero-order valence-corrected chi connectivity index (χ0v) is 13.0. The van der Waals surface area contributed by atoms with E-state index < -0.39 is 11.9 Å². The highest BCUT2D eigenvalue weighted by Crippen LogP contribution is 2.26. The van der Waals surface area contributed by atoms with Gasteiger partial charge in [0.1, 0.15) is 6.54 Å². The molecule has 24 heavy (non-hydrogen) atoms. The molecule has 0 unspecified atom stereocenters. The number of halogens is 1. The van der Waals surface area contributed by atoms with Gasteiger partial charge in [-0.25, -0.2) is 0 Å². The lowest BCUT2D eigenvalue weighted by Crippen LogP contribution is -2.11. The quantitative estimate of drug-likeness (QED) is 0.650. The molecule has 0 fully saturated rings. The Morgan fingerprint density at radius 2 is 2.04 bits per heavy atom. The Kier molecular flexibility index (Phi) is 4.05. The van der Waals surface area contributed by atoms with Crippen molar-refractivity contribution in [3.8, 4) is 0 Å². The van der Waals surface area contributed by atoms with Crippen LogP contribution in [0.4, 0.5) is 11.5 Å². The summed E-state index contributed by atoms with van der Waals surface area (Å²) in [6.07, 6.45) is 1.44. The zero-order valence-electron chi connectivity index (χ0n) is 12.2. The van der Waals surface area contributed by atoms with Crippen molar-refractivity contribution in [2.24, 2.45) is 5.73 Å². The number of nitrogens with zero attached hydrogens (tertiary/aromatic N) is 3. The fourth-order valence-corrected chi connectivity index (χ4v) is 2.48. The second-order valence-electron chi connectivity index (χ2n) is 5.03. The van der Waals surface area contributed by atoms with Gasteiger partial charge in [-0.3, -0.25) is 9.59 Å². The molecule has 0 spiro atoms. The SMILES string of the molecule is NC(=O)c1cn(CC(=O)O)c2ccc(Nc3ccc(Cl)nn3)cc12. The summed E-state index contributed by atoms with van der Waals surface area (Å²) in [6.45, 7) is -0.265. The van der Waals surface area contributed by atoms with Crippen molar-refractivity contribution < 1.29 is 14.7 Å². The minimum absolute atomic E-state index is 0.247. The number of carboxylic acid groups (broad SMARTS) is 1. The highest BCUT2D eigenvalue weighted by atomic mass is 35.5. The number of hydrogen-bond acceptors (Lipinski definition) is 5. The normalized spacial score (nSPS) is 10.7. The minimum Gasteiger partial charge on any atom is -0.480 e. The lowest BCUT2D eigenvalue weighted by molar-refractivity contribution is -0.137. The van der Waals surface area contributed by atoms with Crippen LogP contribution < -0.4 is 11.1 Å². The highest BCUT2D eigenvalue weighted by molar-refractivity contribution is 6.29. The van der Waals surface area contributed by atoms with Crippen LogP contribution in [0, 0.1) is 0 Å². The number of nitrogens with one attached hydrogen (secondary N) is 1. The zero-order chi connectivity index (χ0) is 17.3. The van der Waals surface area contributed by atoms with Crippen LogP contribution in [0.15, 0.2) is 36.5 Å². The van der Waals surface area contributed by atoms with E-state index in [1.807, 2.05) is 0 Å². The van der Waals surface area contributed by atoms with Crippen LogP contribution in [0.3, 0.4) is 0 Å². The van der Waals surface area contributed by atoms with E-state index in [1.165, 1.54) is 10.8 Å². The number of carboxylic acids is 1. The summed E-state index contributed by atoms with van der Waals surface area (Å²) in [5, 5.41) is 20.4. The van der Waals surface area contributed by atoms with Crippen LogP contribution >= 0.6 is 11.6 Å². The van der Waals surface area contributed by atoms with Crippen molar-refractivity contribution in [2.45, 2.75) is 6.54 Å². The van der Waals surface area contributed by atoms with Crippen molar-refractivity contribution in [2.75, 3.05) is 5.32 Å². The predicted octanol–water partition coefficient (Wildman–Crippen LogP) is 2.01. The number of hydrogen-bond donors (Lipinski definition) is 3. The maximum atomic E-state index is 11.6. The average Bonchev–Trinajstić information content (AvgIpc) is 2.87. The van der Waals surface area contributed by atoms with Crippen LogP contribution in [0.2, 0.25) is 5.15 Å². The number of fused-ring (bicyclic) bond motifs is 1. The molecule has 8 nitrogen and oxygen atoms in total. The summed E-state index contributed by atoms with van der Waals surface area (Å²) in [5.74, 6) is -1.17. The maximum absolute atomic E-state index is 11.6. The lowest BCUT2D eigenvalue weighted by atomic mass is 10.1. The molecule has 2 aromatic heterocycles. The van der Waals surface area contributed by atoms with E-state index in [-0.39, 0.29) is 17.3 Å². The Balaban J connectivity index is 2.02. The largest absolute Gasteiger partial charge is 0.480 e. The molecular formula is C15H12ClN5O3. The molecule has 122 valence electrons. The number of anilines is 2. The number of aliphatic carboxylic acids is 1. The fraction of sp³-hybridized carbons (Fsp3) is 0.0667. The Labute approximate surface area is 140 Å². The van der Waals surface area contributed by atoms with E-state index in [4.69, 9.17) is 22.4 Å². The molecule has 1 aromatic carbocycles. The molecule has 0 atom stereocenters. The van der Waals surface area contributed by atoms with Gasteiger partial charge in [0.2, 0.25) is 0 Å². The summed E-state index contributed by atoms with van der Waals surface area (Å²) >= 11 is 5.69. The maximum Gasteiger partial charge on any atom is 0.323 e. The van der Waals surface area contributed by atoms with E-state index in [9.17, 15) is 9.59 Å². The molecule has 9 heteroatoms. The monoisotopic (exact) mass is 345 g/mol. The smallest absolute Gasteiger partial charge is 0.323 e. The molecule has 0 bridgehead atoms. The number of nitrogens with two attached hydrogens (primary N) is 1. The molecule has 2 heterocycles. The van der Waals surface area contributed by atoms with Gasteiger partial charge in [0.05, 0.1) is 5.56 Å². The van der Waals surface area contributed by atoms with Gasteiger partial charge in [0, 0.05) is 22.8 Å². The summed E-state index contributed by atoms with van der Waals surface area (Å²) in [5.41, 5.74) is 6.88. The molecule has 0 aliphatic carbocycles. The standard InChI is InChI=1S/C15H12ClN5O3/c16-12-3-4-13(20-19-12)18-8-1-2-11-9(5-8)10(15(17)24)6-21(11)7-14(22)23/h1-6H,7H2,(H2,17,24)(H,18,20)(H,22,23). The first kappa shape index (κ1) is 15.8. The molecule has 3 rings (SSSR count). The second-order valence-corrected chi connectivity index (χ2v) is 5.41. The summed E-state index contributed by atoms with van der Waals surface area (Å²) in [4.78, 5) is 22.6. The first-order chi connectivity index (χ1) is 11.4. The fourth-order valence-electron chi connectivity index (χ4n) is 2.38. The van der Waals surface area contributed by atoms with E-state index in [0.717, 1.165) is 0 Å². The van der Waals surface area contributed by atoms with Crippen LogP contribution in [0.25, 0.3) is 10.9 Å². The number of primary amides is 1. The molecule has 4 N–H and O–H groups in total. The first-order valence-electron chi connectivity index (χ1n) is 6.85. The van der Waals surface area contributed by atoms with Crippen LogP contribution in [-0.4, -0.2) is 31.7 Å². The van der Waals surface area contributed by atoms with Gasteiger partial charge in [-0.15, -0.1) is 10.2 Å². The molecular weight excluding hydrogens is 334 g/mol. The number of rotatable bonds is 5. The van der Waals surface area contributed by atoms with Gasteiger partial charge < -0.3 is 20.7 Å². The molecule has 0 saturated heterocycles. The average molecular weight is 346 g/mol. The third-order valence-electron chi connectivity index (χ3n) is 3.36. The number of aromatic nitrogens is 3. The summed E-state index contributed by atoms with van der Waals surface area (Å²) in [7, 11) is 0. The Morgan fingerprint density at radius 3 is 2.67 bits per heavy atom. The van der Waals surface area contributed by atoms with Crippen LogP contribution in [0.5, 0.6) is 0 Å². The molecule has 0 aliphatic rings. The van der Waals surface area contributed by atoms with E-state index in [0.29, 0.717) is 22.4 Å². The van der Waals surface area contributed by atoms with Gasteiger partial charge in [0.25, 0.3) is 5.91 Å². The lowest BCUT2D eigenvalue weighted by Gasteiger charge is -2.06. The third-order valence-corrected chi connectivity index (χ3v) is 3.56. The van der Waals surface area contributed by atoms with E-state index in [1.54, 1.807) is 30.3 Å². The Bertz CT molecular complexity index is 936.